The van der Waals surface area contributed by atoms with Crippen molar-refractivity contribution in [1.82, 2.24) is 4.90 Å². The summed E-state index contributed by atoms with van der Waals surface area (Å²) in [6.07, 6.45) is 0. The summed E-state index contributed by atoms with van der Waals surface area (Å²) in [6, 6.07) is 13.3. The monoisotopic (exact) mass is 311 g/mol. The molecule has 2 aromatic carbocycles. The third kappa shape index (κ3) is 3.37. The lowest BCUT2D eigenvalue weighted by Crippen LogP contribution is -2.29. The number of fused-ring (bicyclic) bond motifs is 1. The molecule has 0 radical (unpaired) electrons. The van der Waals surface area contributed by atoms with Crippen molar-refractivity contribution in [3.63, 3.8) is 0 Å². The zero-order valence-electron chi connectivity index (χ0n) is 12.8. The average molecular weight is 311 g/mol. The quantitative estimate of drug-likeness (QED) is 0.881. The molecule has 1 aliphatic heterocycles. The molecular weight excluding hydrogens is 294 g/mol. The van der Waals surface area contributed by atoms with Gasteiger partial charge in [0.05, 0.1) is 13.7 Å². The first-order valence-corrected chi connectivity index (χ1v) is 7.30. The minimum atomic E-state index is -0.110. The van der Waals surface area contributed by atoms with Crippen molar-refractivity contribution < 1.29 is 9.53 Å². The average Bonchev–Trinajstić information content (AvgIpc) is 2.71. The molecule has 0 unspecified atom stereocenters. The first-order chi connectivity index (χ1) is 11.2. The van der Waals surface area contributed by atoms with Crippen LogP contribution in [-0.2, 0) is 17.9 Å². The number of carbonyl (C=O) groups excluding carboxylic acids is 1. The molecule has 3 rings (SSSR count). The van der Waals surface area contributed by atoms with Crippen molar-refractivity contribution in [3.05, 3.63) is 58.5 Å². The first-order valence-electron chi connectivity index (χ1n) is 7.30. The molecule has 2 aromatic rings. The van der Waals surface area contributed by atoms with Crippen LogP contribution in [0.3, 0.4) is 0 Å². The smallest absolute Gasteiger partial charge is 0.238 e. The number of carbonyl (C=O) groups is 1. The number of ether oxygens (including phenoxy) is 1. The molecule has 0 aliphatic carbocycles. The predicted molar refractivity (Wildman–Crippen MR) is 87.6 cm³/mol. The maximum Gasteiger partial charge on any atom is 0.238 e. The van der Waals surface area contributed by atoms with Crippen molar-refractivity contribution in [2.75, 3.05) is 19.0 Å². The van der Waals surface area contributed by atoms with Gasteiger partial charge in [-0.3, -0.25) is 9.69 Å². The Hall–Kier alpha value is -2.73. The fraction of sp³-hybridized carbons (Fsp3) is 0.235. The van der Waals surface area contributed by atoms with Crippen LogP contribution >= 0.6 is 0 Å². The molecule has 0 spiro atoms. The van der Waals surface area contributed by atoms with Crippen LogP contribution in [0.2, 0.25) is 0 Å². The van der Waals surface area contributed by atoms with Gasteiger partial charge < -0.3 is 10.1 Å². The number of hydrogen-bond acceptors (Lipinski definition) is 5. The van der Waals surface area contributed by atoms with Gasteiger partial charge in [-0.05, 0) is 28.4 Å². The molecule has 0 bridgehead atoms. The van der Waals surface area contributed by atoms with Crippen LogP contribution in [0.15, 0.2) is 47.6 Å². The number of hydrogen-bond donors (Lipinski definition) is 1. The zero-order valence-corrected chi connectivity index (χ0v) is 12.8. The molecular formula is C17H17N3O3. The third-order valence-electron chi connectivity index (χ3n) is 3.79. The Morgan fingerprint density at radius 3 is 2.70 bits per heavy atom. The molecule has 6 nitrogen and oxygen atoms in total. The van der Waals surface area contributed by atoms with Crippen LogP contribution in [-0.4, -0.2) is 24.5 Å². The summed E-state index contributed by atoms with van der Waals surface area (Å²) in [5, 5.41) is 5.78. The summed E-state index contributed by atoms with van der Waals surface area (Å²) in [5.74, 6) is 0.302. The van der Waals surface area contributed by atoms with E-state index in [1.165, 1.54) is 7.11 Å². The van der Waals surface area contributed by atoms with Crippen LogP contribution in [0.4, 0.5) is 11.4 Å². The van der Waals surface area contributed by atoms with Gasteiger partial charge in [0.2, 0.25) is 5.91 Å². The van der Waals surface area contributed by atoms with Crippen LogP contribution in [0.1, 0.15) is 11.1 Å². The molecule has 0 atom stereocenters. The predicted octanol–water partition coefficient (Wildman–Crippen LogP) is 3.05. The van der Waals surface area contributed by atoms with Gasteiger partial charge in [0.25, 0.3) is 0 Å². The fourth-order valence-corrected chi connectivity index (χ4v) is 2.74. The maximum absolute atomic E-state index is 12.1. The number of nitrogens with one attached hydrogen (secondary N) is 1. The topological polar surface area (TPSA) is 71.0 Å². The Morgan fingerprint density at radius 2 is 2.00 bits per heavy atom. The number of methoxy groups -OCH3 is 1. The molecule has 6 heteroatoms. The second kappa shape index (κ2) is 6.58. The molecule has 1 heterocycles. The van der Waals surface area contributed by atoms with Crippen molar-refractivity contribution in [2.24, 2.45) is 5.18 Å². The first kappa shape index (κ1) is 15.2. The summed E-state index contributed by atoms with van der Waals surface area (Å²) in [6.45, 7) is 1.54. The Morgan fingerprint density at radius 1 is 1.22 bits per heavy atom. The lowest BCUT2D eigenvalue weighted by molar-refractivity contribution is -0.117. The van der Waals surface area contributed by atoms with E-state index in [1.807, 2.05) is 35.2 Å². The number of anilines is 1. The molecule has 0 fully saturated rings. The van der Waals surface area contributed by atoms with Gasteiger partial charge in [-0.1, -0.05) is 30.3 Å². The van der Waals surface area contributed by atoms with E-state index in [2.05, 4.69) is 10.5 Å². The van der Waals surface area contributed by atoms with Crippen molar-refractivity contribution in [2.45, 2.75) is 13.1 Å². The molecule has 0 saturated heterocycles. The Labute approximate surface area is 134 Å². The molecule has 1 aliphatic rings. The fourth-order valence-electron chi connectivity index (χ4n) is 2.74. The minimum absolute atomic E-state index is 0.110. The van der Waals surface area contributed by atoms with E-state index >= 15 is 0 Å². The molecule has 1 N–H and O–H groups in total. The molecule has 23 heavy (non-hydrogen) atoms. The highest BCUT2D eigenvalue weighted by Crippen LogP contribution is 2.35. The van der Waals surface area contributed by atoms with E-state index in [9.17, 15) is 9.70 Å². The molecule has 0 aromatic heterocycles. The van der Waals surface area contributed by atoms with Gasteiger partial charge in [0, 0.05) is 18.8 Å². The zero-order chi connectivity index (χ0) is 16.2. The number of benzene rings is 2. The minimum Gasteiger partial charge on any atom is -0.494 e. The Bertz CT molecular complexity index is 731. The number of rotatable bonds is 4. The molecule has 0 saturated carbocycles. The molecule has 118 valence electrons. The van der Waals surface area contributed by atoms with Gasteiger partial charge in [-0.15, -0.1) is 4.91 Å². The highest BCUT2D eigenvalue weighted by Gasteiger charge is 2.21. The second-order valence-electron chi connectivity index (χ2n) is 5.45. The van der Waals surface area contributed by atoms with Crippen molar-refractivity contribution >= 4 is 17.3 Å². The van der Waals surface area contributed by atoms with Gasteiger partial charge in [-0.2, -0.15) is 0 Å². The van der Waals surface area contributed by atoms with Crippen LogP contribution in [0, 0.1) is 4.91 Å². The lowest BCUT2D eigenvalue weighted by Gasteiger charge is -2.19. The van der Waals surface area contributed by atoms with Crippen LogP contribution < -0.4 is 10.1 Å². The SMILES string of the molecule is COc1cc2c(cc1N=O)NC(=O)CN(Cc1ccccc1)C2. The highest BCUT2D eigenvalue weighted by molar-refractivity contribution is 5.94. The maximum atomic E-state index is 12.1. The second-order valence-corrected chi connectivity index (χ2v) is 5.45. The lowest BCUT2D eigenvalue weighted by atomic mass is 10.1. The van der Waals surface area contributed by atoms with Gasteiger partial charge in [-0.25, -0.2) is 0 Å². The van der Waals surface area contributed by atoms with Gasteiger partial charge in [0.1, 0.15) is 5.75 Å². The van der Waals surface area contributed by atoms with E-state index < -0.39 is 0 Å². The Balaban J connectivity index is 1.91. The van der Waals surface area contributed by atoms with E-state index in [1.54, 1.807) is 12.1 Å². The van der Waals surface area contributed by atoms with E-state index in [-0.39, 0.29) is 18.1 Å². The van der Waals surface area contributed by atoms with Gasteiger partial charge >= 0.3 is 0 Å². The summed E-state index contributed by atoms with van der Waals surface area (Å²) in [7, 11) is 1.49. The largest absolute Gasteiger partial charge is 0.494 e. The van der Waals surface area contributed by atoms with Crippen molar-refractivity contribution in [1.29, 1.82) is 0 Å². The summed E-state index contributed by atoms with van der Waals surface area (Å²) in [5.41, 5.74) is 2.84. The van der Waals surface area contributed by atoms with E-state index in [0.29, 0.717) is 24.5 Å². The van der Waals surface area contributed by atoms with E-state index in [0.717, 1.165) is 11.1 Å². The van der Waals surface area contributed by atoms with Crippen molar-refractivity contribution in [3.8, 4) is 5.75 Å². The third-order valence-corrected chi connectivity index (χ3v) is 3.79. The molecule has 1 amide bonds. The Kier molecular flexibility index (Phi) is 4.34. The number of nitrogens with zero attached hydrogens (tertiary/aromatic N) is 2. The summed E-state index contributed by atoms with van der Waals surface area (Å²) in [4.78, 5) is 25.0. The normalized spacial score (nSPS) is 14.6. The standard InChI is InChI=1S/C17H17N3O3/c1-23-16-7-13-10-20(9-12-5-3-2-4-6-12)11-17(21)18-14(13)8-15(16)19-22/h2-8H,9-11H2,1H3,(H,18,21). The summed E-state index contributed by atoms with van der Waals surface area (Å²) >= 11 is 0. The van der Waals surface area contributed by atoms with Gasteiger partial charge in [0.15, 0.2) is 5.69 Å². The number of amides is 1. The highest BCUT2D eigenvalue weighted by atomic mass is 16.5. The van der Waals surface area contributed by atoms with Crippen LogP contribution in [0.25, 0.3) is 0 Å². The van der Waals surface area contributed by atoms with E-state index in [4.69, 9.17) is 4.74 Å². The van der Waals surface area contributed by atoms with Crippen LogP contribution in [0.5, 0.6) is 5.75 Å². The summed E-state index contributed by atoms with van der Waals surface area (Å²) < 4.78 is 5.20. The number of nitroso groups, excluding NO2 is 1.